The van der Waals surface area contributed by atoms with E-state index in [1.54, 1.807) is 30.0 Å². The molecule has 1 aromatic carbocycles. The minimum absolute atomic E-state index is 0.208. The first kappa shape index (κ1) is 14.9. The zero-order valence-corrected chi connectivity index (χ0v) is 12.0. The Labute approximate surface area is 123 Å². The molecular weight excluding hydrogens is 270 g/mol. The number of aromatic nitrogens is 3. The lowest BCUT2D eigenvalue weighted by molar-refractivity contribution is 0.286. The molecule has 0 spiro atoms. The van der Waals surface area contributed by atoms with Gasteiger partial charge in [0, 0.05) is 6.54 Å². The number of hydrogen-bond donors (Lipinski definition) is 1. The van der Waals surface area contributed by atoms with Crippen LogP contribution in [0.5, 0.6) is 11.5 Å². The van der Waals surface area contributed by atoms with Crippen LogP contribution >= 0.6 is 0 Å². The monoisotopic (exact) mass is 287 g/mol. The number of aliphatic hydroxyl groups excluding tert-OH is 1. The minimum Gasteiger partial charge on any atom is -0.497 e. The van der Waals surface area contributed by atoms with Crippen molar-refractivity contribution in [2.45, 2.75) is 20.1 Å². The zero-order chi connectivity index (χ0) is 15.1. The lowest BCUT2D eigenvalue weighted by Gasteiger charge is -2.10. The van der Waals surface area contributed by atoms with Gasteiger partial charge >= 0.3 is 0 Å². The van der Waals surface area contributed by atoms with Gasteiger partial charge in [0.15, 0.2) is 5.82 Å². The standard InChI is InChI=1S/C15H17N3O3/c1-3-18-15(16-11-17-18)10-21-14-7-6-13(20-2)9-12(14)5-4-8-19/h6-7,9,11,19H,3,8,10H2,1-2H3. The number of ether oxygens (including phenoxy) is 2. The molecule has 1 aromatic heterocycles. The molecule has 2 rings (SSSR count). The van der Waals surface area contributed by atoms with Crippen LogP contribution in [0.4, 0.5) is 0 Å². The number of benzene rings is 1. The number of rotatable bonds is 5. The summed E-state index contributed by atoms with van der Waals surface area (Å²) < 4.78 is 12.7. The van der Waals surface area contributed by atoms with Crippen molar-refractivity contribution in [1.82, 2.24) is 14.8 Å². The smallest absolute Gasteiger partial charge is 0.164 e. The predicted octanol–water partition coefficient (Wildman–Crippen LogP) is 1.23. The van der Waals surface area contributed by atoms with Crippen molar-refractivity contribution in [1.29, 1.82) is 0 Å². The van der Waals surface area contributed by atoms with Crippen molar-refractivity contribution in [3.63, 3.8) is 0 Å². The molecule has 0 aliphatic carbocycles. The first-order valence-electron chi connectivity index (χ1n) is 6.55. The van der Waals surface area contributed by atoms with Crippen molar-refractivity contribution in [3.05, 3.63) is 35.9 Å². The Morgan fingerprint density at radius 3 is 2.95 bits per heavy atom. The van der Waals surface area contributed by atoms with Crippen molar-refractivity contribution < 1.29 is 14.6 Å². The molecule has 0 unspecified atom stereocenters. The Bertz CT molecular complexity index is 656. The summed E-state index contributed by atoms with van der Waals surface area (Å²) in [5.74, 6) is 7.50. The molecule has 0 saturated carbocycles. The maximum atomic E-state index is 8.83. The van der Waals surface area contributed by atoms with Crippen molar-refractivity contribution in [3.8, 4) is 23.3 Å². The number of aryl methyl sites for hydroxylation is 1. The Balaban J connectivity index is 2.18. The van der Waals surface area contributed by atoms with Gasteiger partial charge in [0.2, 0.25) is 0 Å². The molecule has 1 N–H and O–H groups in total. The Morgan fingerprint density at radius 2 is 2.24 bits per heavy atom. The van der Waals surface area contributed by atoms with Gasteiger partial charge in [-0.15, -0.1) is 0 Å². The van der Waals surface area contributed by atoms with E-state index in [4.69, 9.17) is 14.6 Å². The van der Waals surface area contributed by atoms with E-state index in [9.17, 15) is 0 Å². The molecule has 110 valence electrons. The average Bonchev–Trinajstić information content (AvgIpc) is 2.98. The van der Waals surface area contributed by atoms with Gasteiger partial charge in [0.25, 0.3) is 0 Å². The summed E-state index contributed by atoms with van der Waals surface area (Å²) in [4.78, 5) is 4.15. The summed E-state index contributed by atoms with van der Waals surface area (Å²) in [5, 5.41) is 12.9. The molecule has 0 aliphatic heterocycles. The van der Waals surface area contributed by atoms with Crippen LogP contribution in [-0.2, 0) is 13.2 Å². The molecule has 0 radical (unpaired) electrons. The van der Waals surface area contributed by atoms with E-state index < -0.39 is 0 Å². The Morgan fingerprint density at radius 1 is 1.38 bits per heavy atom. The maximum Gasteiger partial charge on any atom is 0.164 e. The van der Waals surface area contributed by atoms with Crippen molar-refractivity contribution >= 4 is 0 Å². The topological polar surface area (TPSA) is 69.4 Å². The lowest BCUT2D eigenvalue weighted by atomic mass is 10.2. The predicted molar refractivity (Wildman–Crippen MR) is 77.0 cm³/mol. The fourth-order valence-corrected chi connectivity index (χ4v) is 1.80. The third-order valence-corrected chi connectivity index (χ3v) is 2.84. The van der Waals surface area contributed by atoms with Crippen molar-refractivity contribution in [2.75, 3.05) is 13.7 Å². The molecule has 0 atom stereocenters. The van der Waals surface area contributed by atoms with Crippen molar-refractivity contribution in [2.24, 2.45) is 0 Å². The second-order valence-corrected chi connectivity index (χ2v) is 4.10. The molecule has 21 heavy (non-hydrogen) atoms. The van der Waals surface area contributed by atoms with Crippen LogP contribution in [0.3, 0.4) is 0 Å². The lowest BCUT2D eigenvalue weighted by Crippen LogP contribution is -2.07. The van der Waals surface area contributed by atoms with E-state index in [1.807, 2.05) is 6.92 Å². The third-order valence-electron chi connectivity index (χ3n) is 2.84. The summed E-state index contributed by atoms with van der Waals surface area (Å²) in [7, 11) is 1.59. The number of hydrogen-bond acceptors (Lipinski definition) is 5. The van der Waals surface area contributed by atoms with Gasteiger partial charge in [0.05, 0.1) is 12.7 Å². The second kappa shape index (κ2) is 7.31. The fraction of sp³-hybridized carbons (Fsp3) is 0.333. The highest BCUT2D eigenvalue weighted by Gasteiger charge is 2.07. The van der Waals surface area contributed by atoms with Crippen LogP contribution in [-0.4, -0.2) is 33.6 Å². The van der Waals surface area contributed by atoms with E-state index >= 15 is 0 Å². The van der Waals surface area contributed by atoms with E-state index in [-0.39, 0.29) is 6.61 Å². The van der Waals surface area contributed by atoms with Crippen LogP contribution in [0.15, 0.2) is 24.5 Å². The summed E-state index contributed by atoms with van der Waals surface area (Å²) in [5.41, 5.74) is 0.658. The molecule has 6 nitrogen and oxygen atoms in total. The third kappa shape index (κ3) is 3.74. The van der Waals surface area contributed by atoms with Crippen LogP contribution < -0.4 is 9.47 Å². The zero-order valence-electron chi connectivity index (χ0n) is 12.0. The molecule has 0 fully saturated rings. The molecule has 6 heteroatoms. The Kier molecular flexibility index (Phi) is 5.18. The van der Waals surface area contributed by atoms with Gasteiger partial charge in [-0.25, -0.2) is 9.67 Å². The number of aliphatic hydroxyl groups is 1. The van der Waals surface area contributed by atoms with Gasteiger partial charge in [-0.2, -0.15) is 5.10 Å². The SMILES string of the molecule is CCn1ncnc1COc1ccc(OC)cc1C#CCO. The summed E-state index contributed by atoms with van der Waals surface area (Å²) in [6.45, 7) is 2.82. The number of nitrogens with zero attached hydrogens (tertiary/aromatic N) is 3. The highest BCUT2D eigenvalue weighted by atomic mass is 16.5. The molecule has 1 heterocycles. The van der Waals surface area contributed by atoms with E-state index in [0.717, 1.165) is 12.4 Å². The first-order chi connectivity index (χ1) is 10.3. The first-order valence-corrected chi connectivity index (χ1v) is 6.55. The highest BCUT2D eigenvalue weighted by molar-refractivity contribution is 5.50. The minimum atomic E-state index is -0.208. The van der Waals surface area contributed by atoms with Gasteiger partial charge in [0.1, 0.15) is 31.0 Å². The van der Waals surface area contributed by atoms with Crippen LogP contribution in [0.2, 0.25) is 0 Å². The molecule has 0 saturated heterocycles. The fourth-order valence-electron chi connectivity index (χ4n) is 1.80. The maximum absolute atomic E-state index is 8.83. The van der Waals surface area contributed by atoms with Gasteiger partial charge < -0.3 is 14.6 Å². The molecule has 0 bridgehead atoms. The Hall–Kier alpha value is -2.52. The quantitative estimate of drug-likeness (QED) is 0.838. The van der Waals surface area contributed by atoms with Crippen LogP contribution in [0.1, 0.15) is 18.3 Å². The van der Waals surface area contributed by atoms with Gasteiger partial charge in [-0.05, 0) is 25.1 Å². The van der Waals surface area contributed by atoms with Gasteiger partial charge in [-0.3, -0.25) is 0 Å². The van der Waals surface area contributed by atoms with Gasteiger partial charge in [-0.1, -0.05) is 11.8 Å². The second-order valence-electron chi connectivity index (χ2n) is 4.10. The summed E-state index contributed by atoms with van der Waals surface area (Å²) >= 11 is 0. The van der Waals surface area contributed by atoms with E-state index in [2.05, 4.69) is 21.9 Å². The number of methoxy groups -OCH3 is 1. The normalized spacial score (nSPS) is 9.86. The molecule has 0 aliphatic rings. The largest absolute Gasteiger partial charge is 0.497 e. The summed E-state index contributed by atoms with van der Waals surface area (Å²) in [6.07, 6.45) is 1.50. The summed E-state index contributed by atoms with van der Waals surface area (Å²) in [6, 6.07) is 5.35. The van der Waals surface area contributed by atoms with E-state index in [0.29, 0.717) is 23.7 Å². The van der Waals surface area contributed by atoms with Crippen LogP contribution in [0.25, 0.3) is 0 Å². The van der Waals surface area contributed by atoms with E-state index in [1.165, 1.54) is 6.33 Å². The average molecular weight is 287 g/mol. The molecular formula is C15H17N3O3. The van der Waals surface area contributed by atoms with Crippen LogP contribution in [0, 0.1) is 11.8 Å². The molecule has 2 aromatic rings. The molecule has 0 amide bonds. The highest BCUT2D eigenvalue weighted by Crippen LogP contribution is 2.24.